The number of carbonyl (C=O) groups excluding carboxylic acids is 3. The minimum atomic E-state index is -5.15. The molecular formula is C17H16F3N5O5. The summed E-state index contributed by atoms with van der Waals surface area (Å²) in [5.41, 5.74) is 0.930. The maximum absolute atomic E-state index is 12.4. The molecule has 1 unspecified atom stereocenters. The van der Waals surface area contributed by atoms with Gasteiger partial charge >= 0.3 is 24.0 Å². The Morgan fingerprint density at radius 2 is 1.80 bits per heavy atom. The minimum Gasteiger partial charge on any atom is -0.467 e. The summed E-state index contributed by atoms with van der Waals surface area (Å²) in [5, 5.41) is 9.28. The van der Waals surface area contributed by atoms with Gasteiger partial charge in [-0.25, -0.2) is 14.6 Å². The highest BCUT2D eigenvalue weighted by molar-refractivity contribution is 5.89. The van der Waals surface area contributed by atoms with Crippen molar-refractivity contribution < 1.29 is 37.0 Å². The van der Waals surface area contributed by atoms with Gasteiger partial charge in [0.05, 0.1) is 31.7 Å². The zero-order chi connectivity index (χ0) is 22.3. The first-order chi connectivity index (χ1) is 14.1. The summed E-state index contributed by atoms with van der Waals surface area (Å²) >= 11 is 0. The normalized spacial score (nSPS) is 12.4. The van der Waals surface area contributed by atoms with Gasteiger partial charge < -0.3 is 19.8 Å². The Hall–Kier alpha value is -3.77. The number of hydrogen-bond donors (Lipinski definition) is 2. The van der Waals surface area contributed by atoms with Crippen LogP contribution in [0.3, 0.4) is 0 Å². The summed E-state index contributed by atoms with van der Waals surface area (Å²) < 4.78 is 46.3. The van der Waals surface area contributed by atoms with E-state index in [4.69, 9.17) is 0 Å². The molecule has 0 saturated heterocycles. The SMILES string of the molecule is COC(=O)c1ccc(N=Nc2ncc(CC(NC(=O)C(F)(F)F)C(=O)OC)[nH]2)cc1. The first kappa shape index (κ1) is 22.5. The van der Waals surface area contributed by atoms with Crippen molar-refractivity contribution in [3.8, 4) is 0 Å². The van der Waals surface area contributed by atoms with E-state index in [0.29, 0.717) is 11.3 Å². The lowest BCUT2D eigenvalue weighted by atomic mass is 10.1. The lowest BCUT2D eigenvalue weighted by Crippen LogP contribution is -2.48. The number of nitrogens with zero attached hydrogens (tertiary/aromatic N) is 3. The molecular weight excluding hydrogens is 411 g/mol. The molecule has 2 N–H and O–H groups in total. The molecule has 0 aliphatic rings. The molecule has 0 saturated carbocycles. The topological polar surface area (TPSA) is 135 Å². The molecule has 1 amide bonds. The van der Waals surface area contributed by atoms with Crippen LogP contribution < -0.4 is 5.32 Å². The monoisotopic (exact) mass is 427 g/mol. The third-order valence-electron chi connectivity index (χ3n) is 3.64. The fraction of sp³-hybridized carbons (Fsp3) is 0.294. The average molecular weight is 427 g/mol. The molecule has 0 bridgehead atoms. The molecule has 1 aromatic heterocycles. The van der Waals surface area contributed by atoms with Crippen LogP contribution >= 0.6 is 0 Å². The number of ether oxygens (including phenoxy) is 2. The third-order valence-corrected chi connectivity index (χ3v) is 3.64. The Bertz CT molecular complexity index is 940. The van der Waals surface area contributed by atoms with Crippen LogP contribution in [-0.2, 0) is 25.5 Å². The smallest absolute Gasteiger partial charge is 0.467 e. The average Bonchev–Trinajstić information content (AvgIpc) is 3.17. The van der Waals surface area contributed by atoms with Gasteiger partial charge in [-0.05, 0) is 24.3 Å². The number of imidazole rings is 1. The van der Waals surface area contributed by atoms with Crippen molar-refractivity contribution in [3.63, 3.8) is 0 Å². The number of carbonyl (C=O) groups is 3. The fourth-order valence-corrected chi connectivity index (χ4v) is 2.18. The number of amides is 1. The van der Waals surface area contributed by atoms with Crippen LogP contribution in [0.25, 0.3) is 0 Å². The highest BCUT2D eigenvalue weighted by Crippen LogP contribution is 2.18. The number of nitrogens with one attached hydrogen (secondary N) is 2. The molecule has 2 rings (SSSR count). The van der Waals surface area contributed by atoms with Gasteiger partial charge in [-0.1, -0.05) is 0 Å². The zero-order valence-electron chi connectivity index (χ0n) is 15.7. The third kappa shape index (κ3) is 6.12. The molecule has 2 aromatic rings. The van der Waals surface area contributed by atoms with Crippen LogP contribution in [0.4, 0.5) is 24.8 Å². The van der Waals surface area contributed by atoms with Gasteiger partial charge in [0.15, 0.2) is 0 Å². The molecule has 160 valence electrons. The second-order valence-electron chi connectivity index (χ2n) is 5.72. The van der Waals surface area contributed by atoms with Gasteiger partial charge in [-0.15, -0.1) is 10.2 Å². The van der Waals surface area contributed by atoms with Gasteiger partial charge in [0.1, 0.15) is 6.04 Å². The number of methoxy groups -OCH3 is 2. The van der Waals surface area contributed by atoms with Crippen LogP contribution in [0.2, 0.25) is 0 Å². The Kier molecular flexibility index (Phi) is 7.22. The molecule has 0 radical (unpaired) electrons. The first-order valence-electron chi connectivity index (χ1n) is 8.23. The molecule has 1 heterocycles. The summed E-state index contributed by atoms with van der Waals surface area (Å²) in [5.74, 6) is -3.83. The molecule has 0 fully saturated rings. The van der Waals surface area contributed by atoms with E-state index in [0.717, 1.165) is 7.11 Å². The Morgan fingerprint density at radius 1 is 1.13 bits per heavy atom. The fourth-order valence-electron chi connectivity index (χ4n) is 2.18. The molecule has 0 aliphatic carbocycles. The van der Waals surface area contributed by atoms with E-state index < -0.39 is 30.1 Å². The number of rotatable bonds is 7. The number of halogens is 3. The van der Waals surface area contributed by atoms with E-state index in [1.165, 1.54) is 37.6 Å². The van der Waals surface area contributed by atoms with Crippen molar-refractivity contribution in [1.29, 1.82) is 0 Å². The number of alkyl halides is 3. The van der Waals surface area contributed by atoms with Crippen molar-refractivity contribution in [2.45, 2.75) is 18.6 Å². The lowest BCUT2D eigenvalue weighted by Gasteiger charge is -2.16. The van der Waals surface area contributed by atoms with Crippen LogP contribution in [0, 0.1) is 0 Å². The van der Waals surface area contributed by atoms with Gasteiger partial charge in [-0.3, -0.25) is 4.79 Å². The molecule has 10 nitrogen and oxygen atoms in total. The number of hydrogen-bond acceptors (Lipinski definition) is 8. The molecule has 0 spiro atoms. The number of aromatic amines is 1. The molecule has 0 aliphatic heterocycles. The summed E-state index contributed by atoms with van der Waals surface area (Å²) in [4.78, 5) is 40.7. The summed E-state index contributed by atoms with van der Waals surface area (Å²) in [7, 11) is 2.23. The highest BCUT2D eigenvalue weighted by Gasteiger charge is 2.41. The van der Waals surface area contributed by atoms with Crippen molar-refractivity contribution in [1.82, 2.24) is 15.3 Å². The maximum atomic E-state index is 12.4. The highest BCUT2D eigenvalue weighted by atomic mass is 19.4. The number of benzene rings is 1. The summed E-state index contributed by atoms with van der Waals surface area (Å²) in [6.07, 6.45) is -4.27. The minimum absolute atomic E-state index is 0.00723. The zero-order valence-corrected chi connectivity index (χ0v) is 15.7. The van der Waals surface area contributed by atoms with E-state index >= 15 is 0 Å². The van der Waals surface area contributed by atoms with Crippen molar-refractivity contribution in [3.05, 3.63) is 41.7 Å². The molecule has 1 atom stereocenters. The predicted octanol–water partition coefficient (Wildman–Crippen LogP) is 2.37. The standard InChI is InChI=1S/C17H16F3N5O5/c1-29-13(26)9-3-5-10(6-4-9)24-25-16-21-8-11(22-16)7-12(14(27)30-2)23-15(28)17(18,19)20/h3-6,8,12H,7H2,1-2H3,(H,21,22)(H,23,28). The Labute approximate surface area is 167 Å². The van der Waals surface area contributed by atoms with Crippen molar-refractivity contribution in [2.24, 2.45) is 10.2 Å². The lowest BCUT2D eigenvalue weighted by molar-refractivity contribution is -0.175. The van der Waals surface area contributed by atoms with Crippen LogP contribution in [0.5, 0.6) is 0 Å². The van der Waals surface area contributed by atoms with Crippen LogP contribution in [0.15, 0.2) is 40.7 Å². The van der Waals surface area contributed by atoms with Crippen LogP contribution in [0.1, 0.15) is 16.1 Å². The van der Waals surface area contributed by atoms with Gasteiger partial charge in [0.2, 0.25) is 5.95 Å². The van der Waals surface area contributed by atoms with Gasteiger partial charge in [0.25, 0.3) is 0 Å². The Balaban J connectivity index is 2.06. The van der Waals surface area contributed by atoms with E-state index in [1.807, 2.05) is 0 Å². The number of aromatic nitrogens is 2. The number of esters is 2. The largest absolute Gasteiger partial charge is 0.471 e. The van der Waals surface area contributed by atoms with E-state index in [9.17, 15) is 27.6 Å². The molecule has 1 aromatic carbocycles. The van der Waals surface area contributed by atoms with Crippen molar-refractivity contribution in [2.75, 3.05) is 14.2 Å². The second-order valence-corrected chi connectivity index (χ2v) is 5.72. The van der Waals surface area contributed by atoms with E-state index in [1.54, 1.807) is 5.32 Å². The Morgan fingerprint density at radius 3 is 2.37 bits per heavy atom. The molecule has 13 heteroatoms. The van der Waals surface area contributed by atoms with Crippen LogP contribution in [-0.4, -0.2) is 54.3 Å². The second kappa shape index (κ2) is 9.62. The van der Waals surface area contributed by atoms with Crippen molar-refractivity contribution >= 4 is 29.5 Å². The summed E-state index contributed by atoms with van der Waals surface area (Å²) in [6.45, 7) is 0. The van der Waals surface area contributed by atoms with Gasteiger partial charge in [-0.2, -0.15) is 13.2 Å². The number of H-pyrrole nitrogens is 1. The first-order valence-corrected chi connectivity index (χ1v) is 8.23. The maximum Gasteiger partial charge on any atom is 0.471 e. The predicted molar refractivity (Wildman–Crippen MR) is 94.3 cm³/mol. The van der Waals surface area contributed by atoms with E-state index in [2.05, 4.69) is 29.7 Å². The van der Waals surface area contributed by atoms with Gasteiger partial charge in [0, 0.05) is 12.1 Å². The quantitative estimate of drug-likeness (QED) is 0.515. The molecule has 30 heavy (non-hydrogen) atoms. The van der Waals surface area contributed by atoms with E-state index in [-0.39, 0.29) is 18.1 Å². The summed E-state index contributed by atoms with van der Waals surface area (Å²) in [6, 6.07) is 4.41. The number of azo groups is 1.